The van der Waals surface area contributed by atoms with Crippen LogP contribution in [0, 0.1) is 0 Å². The smallest absolute Gasteiger partial charge is 0.331 e. The molecule has 10 heteroatoms. The van der Waals surface area contributed by atoms with Crippen LogP contribution in [0.25, 0.3) is 0 Å². The quantitative estimate of drug-likeness (QED) is 0.537. The molecule has 0 saturated carbocycles. The van der Waals surface area contributed by atoms with Crippen LogP contribution in [0.1, 0.15) is 0 Å². The molecule has 0 aromatic carbocycles. The molecule has 0 spiro atoms. The Morgan fingerprint density at radius 3 is 1.50 bits per heavy atom. The number of hydrogen-bond donors (Lipinski definition) is 0. The van der Waals surface area contributed by atoms with Crippen molar-refractivity contribution in [3.05, 3.63) is 0 Å². The highest BCUT2D eigenvalue weighted by Gasteiger charge is 2.41. The van der Waals surface area contributed by atoms with Crippen molar-refractivity contribution in [1.29, 1.82) is 0 Å². The van der Waals surface area contributed by atoms with E-state index in [1.165, 1.54) is 0 Å². The normalized spacial score (nSPS) is 14.9. The van der Waals surface area contributed by atoms with Crippen LogP contribution in [0.15, 0.2) is 0 Å². The van der Waals surface area contributed by atoms with E-state index < -0.39 is 37.2 Å². The minimum atomic E-state index is -4.57. The zero-order chi connectivity index (χ0) is 14.8. The van der Waals surface area contributed by atoms with Gasteiger partial charge in [-0.1, -0.05) is 0 Å². The van der Waals surface area contributed by atoms with Crippen molar-refractivity contribution in [1.82, 2.24) is 0 Å². The van der Waals surface area contributed by atoms with Gasteiger partial charge in [0.15, 0.2) is 23.2 Å². The van der Waals surface area contributed by atoms with Crippen LogP contribution >= 0.6 is 7.82 Å². The first kappa shape index (κ1) is 18.3. The molecule has 0 amide bonds. The molecule has 0 aromatic rings. The van der Waals surface area contributed by atoms with Gasteiger partial charge in [-0.3, -0.25) is 4.52 Å². The Morgan fingerprint density at radius 2 is 1.28 bits per heavy atom. The van der Waals surface area contributed by atoms with Gasteiger partial charge >= 0.3 is 14.0 Å². The summed E-state index contributed by atoms with van der Waals surface area (Å²) in [7, 11) is -8.85. The molecule has 0 radical (unpaired) electrons. The fourth-order valence-electron chi connectivity index (χ4n) is 0.894. The third kappa shape index (κ3) is 10.3. The summed E-state index contributed by atoms with van der Waals surface area (Å²) in [5, 5.41) is 0. The molecule has 0 bridgehead atoms. The molecule has 0 heterocycles. The Hall–Kier alpha value is 0.334. The van der Waals surface area contributed by atoms with Crippen molar-refractivity contribution >= 4 is 24.5 Å². The molecular formula is C8H20F3O4PSi2. The standard InChI is InChI=1S/C8H20F3O4PSi2/c1-17(2,3)14-16(12,15-18(4,5)6)13-7-8(9,10)11/h7H2,1-6H3. The highest BCUT2D eigenvalue weighted by molar-refractivity contribution is 7.52. The summed E-state index contributed by atoms with van der Waals surface area (Å²) in [6.45, 7) is 8.55. The second-order valence-electron chi connectivity index (χ2n) is 5.74. The Kier molecular flexibility index (Phi) is 5.87. The number of rotatable bonds is 6. The Morgan fingerprint density at radius 1 is 0.944 bits per heavy atom. The number of alkyl halides is 3. The molecule has 0 aliphatic rings. The van der Waals surface area contributed by atoms with Crippen molar-refractivity contribution in [3.8, 4) is 0 Å². The summed E-state index contributed by atoms with van der Waals surface area (Å²) < 4.78 is 63.3. The molecule has 0 aliphatic heterocycles. The second kappa shape index (κ2) is 5.76. The van der Waals surface area contributed by atoms with E-state index in [4.69, 9.17) is 8.43 Å². The van der Waals surface area contributed by atoms with Crippen LogP contribution in [0.2, 0.25) is 39.3 Å². The first-order valence-electron chi connectivity index (χ1n) is 5.35. The van der Waals surface area contributed by atoms with E-state index in [0.717, 1.165) is 0 Å². The Bertz CT molecular complexity index is 302. The maximum atomic E-state index is 12.2. The third-order valence-electron chi connectivity index (χ3n) is 1.16. The number of phosphoric acid groups is 1. The van der Waals surface area contributed by atoms with E-state index in [-0.39, 0.29) is 0 Å². The molecule has 0 aromatic heterocycles. The maximum absolute atomic E-state index is 12.2. The number of hydrogen-bond acceptors (Lipinski definition) is 4. The molecule has 0 unspecified atom stereocenters. The molecule has 0 N–H and O–H groups in total. The summed E-state index contributed by atoms with van der Waals surface area (Å²) in [5.74, 6) is 0. The fourth-order valence-corrected chi connectivity index (χ4v) is 7.47. The summed E-state index contributed by atoms with van der Waals surface area (Å²) in [6, 6.07) is 0. The minimum absolute atomic E-state index is 1.64. The largest absolute Gasteiger partial charge is 0.455 e. The molecule has 18 heavy (non-hydrogen) atoms. The van der Waals surface area contributed by atoms with Gasteiger partial charge in [0.05, 0.1) is 0 Å². The van der Waals surface area contributed by atoms with Crippen LogP contribution < -0.4 is 0 Å². The van der Waals surface area contributed by atoms with Crippen molar-refractivity contribution < 1.29 is 30.7 Å². The van der Waals surface area contributed by atoms with Crippen molar-refractivity contribution in [3.63, 3.8) is 0 Å². The molecule has 0 atom stereocenters. The van der Waals surface area contributed by atoms with Gasteiger partial charge in [0, 0.05) is 0 Å². The summed E-state index contributed by atoms with van der Waals surface area (Å²) in [6.07, 6.45) is -4.57. The maximum Gasteiger partial charge on any atom is 0.455 e. The SMILES string of the molecule is C[Si](C)(C)OP(=O)(OCC(F)(F)F)O[Si](C)(C)C. The van der Waals surface area contributed by atoms with Crippen LogP contribution in [-0.2, 0) is 17.5 Å². The first-order chi connectivity index (χ1) is 7.62. The van der Waals surface area contributed by atoms with Gasteiger partial charge in [-0.15, -0.1) is 0 Å². The lowest BCUT2D eigenvalue weighted by atomic mass is 10.7. The van der Waals surface area contributed by atoms with Crippen molar-refractivity contribution in [2.45, 2.75) is 45.5 Å². The van der Waals surface area contributed by atoms with Crippen LogP contribution in [-0.4, -0.2) is 29.4 Å². The van der Waals surface area contributed by atoms with E-state index in [2.05, 4.69) is 4.52 Å². The predicted molar refractivity (Wildman–Crippen MR) is 68.5 cm³/mol. The Labute approximate surface area is 108 Å². The lowest BCUT2D eigenvalue weighted by Crippen LogP contribution is -2.31. The van der Waals surface area contributed by atoms with Gasteiger partial charge in [0.1, 0.15) is 0 Å². The van der Waals surface area contributed by atoms with E-state index >= 15 is 0 Å². The topological polar surface area (TPSA) is 44.8 Å². The zero-order valence-electron chi connectivity index (χ0n) is 11.4. The van der Waals surface area contributed by atoms with Gasteiger partial charge in [0.2, 0.25) is 0 Å². The first-order valence-corrected chi connectivity index (χ1v) is 13.6. The van der Waals surface area contributed by atoms with Gasteiger partial charge in [-0.05, 0) is 39.3 Å². The minimum Gasteiger partial charge on any atom is -0.331 e. The van der Waals surface area contributed by atoms with Crippen LogP contribution in [0.4, 0.5) is 13.2 Å². The van der Waals surface area contributed by atoms with Gasteiger partial charge in [0.25, 0.3) is 0 Å². The Balaban J connectivity index is 4.88. The van der Waals surface area contributed by atoms with Crippen molar-refractivity contribution in [2.75, 3.05) is 6.61 Å². The lowest BCUT2D eigenvalue weighted by Gasteiger charge is -2.30. The molecule has 0 fully saturated rings. The monoisotopic (exact) mass is 324 g/mol. The van der Waals surface area contributed by atoms with E-state index in [1.807, 2.05) is 0 Å². The van der Waals surface area contributed by atoms with E-state index in [0.29, 0.717) is 0 Å². The van der Waals surface area contributed by atoms with E-state index in [9.17, 15) is 17.7 Å². The summed E-state index contributed by atoms with van der Waals surface area (Å²) in [5.41, 5.74) is 0. The fraction of sp³-hybridized carbons (Fsp3) is 1.00. The van der Waals surface area contributed by atoms with Crippen LogP contribution in [0.3, 0.4) is 0 Å². The van der Waals surface area contributed by atoms with Crippen LogP contribution in [0.5, 0.6) is 0 Å². The number of halogens is 3. The average molecular weight is 324 g/mol. The molecule has 0 saturated heterocycles. The third-order valence-corrected chi connectivity index (χ3v) is 7.77. The van der Waals surface area contributed by atoms with E-state index in [1.54, 1.807) is 39.3 Å². The van der Waals surface area contributed by atoms with Gasteiger partial charge < -0.3 is 8.43 Å². The zero-order valence-corrected chi connectivity index (χ0v) is 14.3. The molecule has 110 valence electrons. The highest BCUT2D eigenvalue weighted by atomic mass is 31.2. The molecule has 4 nitrogen and oxygen atoms in total. The van der Waals surface area contributed by atoms with Gasteiger partial charge in [-0.2, -0.15) is 13.2 Å². The second-order valence-corrected chi connectivity index (χ2v) is 16.8. The highest BCUT2D eigenvalue weighted by Crippen LogP contribution is 2.54. The molecular weight excluding hydrogens is 304 g/mol. The van der Waals surface area contributed by atoms with Gasteiger partial charge in [-0.25, -0.2) is 4.57 Å². The molecule has 0 aliphatic carbocycles. The summed E-state index contributed by atoms with van der Waals surface area (Å²) >= 11 is 0. The van der Waals surface area contributed by atoms with Crippen molar-refractivity contribution in [2.24, 2.45) is 0 Å². The molecule has 0 rings (SSSR count). The predicted octanol–water partition coefficient (Wildman–Crippen LogP) is 4.38. The lowest BCUT2D eigenvalue weighted by molar-refractivity contribution is -0.156. The average Bonchev–Trinajstić information content (AvgIpc) is 1.91. The summed E-state index contributed by atoms with van der Waals surface area (Å²) in [4.78, 5) is 0.